The molecule has 0 rings (SSSR count). The van der Waals surface area contributed by atoms with Crippen LogP contribution in [0.25, 0.3) is 0 Å². The van der Waals surface area contributed by atoms with Gasteiger partial charge in [0, 0.05) is 0 Å². The van der Waals surface area contributed by atoms with Crippen LogP contribution in [0, 0.1) is 5.92 Å². The summed E-state index contributed by atoms with van der Waals surface area (Å²) in [6.45, 7) is 9.21. The van der Waals surface area contributed by atoms with Gasteiger partial charge in [-0.05, 0) is 31.8 Å². The highest BCUT2D eigenvalue weighted by atomic mass is 14.8. The van der Waals surface area contributed by atoms with Gasteiger partial charge in [-0.3, -0.25) is 0 Å². The van der Waals surface area contributed by atoms with Crippen molar-refractivity contribution in [3.8, 4) is 0 Å². The number of unbranched alkanes of at least 4 members (excludes halogenated alkanes) is 2. The molecule has 0 aliphatic heterocycles. The van der Waals surface area contributed by atoms with Crippen LogP contribution in [0.1, 0.15) is 67.7 Å². The molecule has 0 saturated heterocycles. The summed E-state index contributed by atoms with van der Waals surface area (Å²) in [6, 6.07) is 0. The van der Waals surface area contributed by atoms with Crippen LogP contribution in [-0.2, 0) is 0 Å². The zero-order valence-corrected chi connectivity index (χ0v) is 9.03. The highest BCUT2D eigenvalue weighted by Gasteiger charge is 1.99. The minimum Gasteiger partial charge on any atom is -0.316 e. The van der Waals surface area contributed by atoms with Crippen molar-refractivity contribution in [3.05, 3.63) is 0 Å². The van der Waals surface area contributed by atoms with Crippen LogP contribution in [-0.4, -0.2) is 13.1 Å². The Hall–Kier alpha value is -0.0400. The lowest BCUT2D eigenvalue weighted by atomic mass is 10.0. The largest absolute Gasteiger partial charge is 0.316 e. The average molecular weight is 203 g/mol. The Morgan fingerprint density at radius 1 is 1.00 bits per heavy atom. The van der Waals surface area contributed by atoms with E-state index in [2.05, 4.69) is 26.1 Å². The van der Waals surface area contributed by atoms with Crippen LogP contribution in [0.2, 0.25) is 0 Å². The Balaban J connectivity index is -0.000000605. The van der Waals surface area contributed by atoms with Gasteiger partial charge >= 0.3 is 0 Å². The minimum absolute atomic E-state index is 0. The van der Waals surface area contributed by atoms with Gasteiger partial charge in [0.25, 0.3) is 0 Å². The fraction of sp³-hybridized carbons (Fsp3) is 1.00. The zero-order valence-electron chi connectivity index (χ0n) is 9.03. The summed E-state index contributed by atoms with van der Waals surface area (Å²) >= 11 is 0. The maximum atomic E-state index is 3.46. The van der Waals surface area contributed by atoms with Crippen molar-refractivity contribution in [1.82, 2.24) is 5.32 Å². The van der Waals surface area contributed by atoms with Gasteiger partial charge in [-0.25, -0.2) is 0 Å². The van der Waals surface area contributed by atoms with Gasteiger partial charge in [-0.15, -0.1) is 0 Å². The SMILES string of the molecule is C.C.CCCCCC(C)CNCCC. The van der Waals surface area contributed by atoms with Crippen LogP contribution in [0.3, 0.4) is 0 Å². The molecule has 0 aromatic rings. The van der Waals surface area contributed by atoms with E-state index < -0.39 is 0 Å². The molecule has 0 aromatic carbocycles. The van der Waals surface area contributed by atoms with Gasteiger partial charge in [0.1, 0.15) is 0 Å². The predicted molar refractivity (Wildman–Crippen MR) is 69.9 cm³/mol. The first-order valence-corrected chi connectivity index (χ1v) is 5.52. The van der Waals surface area contributed by atoms with Crippen molar-refractivity contribution < 1.29 is 0 Å². The molecule has 0 spiro atoms. The molecule has 1 N–H and O–H groups in total. The van der Waals surface area contributed by atoms with Gasteiger partial charge in [0.15, 0.2) is 0 Å². The van der Waals surface area contributed by atoms with Crippen LogP contribution in [0.4, 0.5) is 0 Å². The molecular formula is C13H33N. The highest BCUT2D eigenvalue weighted by Crippen LogP contribution is 2.07. The lowest BCUT2D eigenvalue weighted by molar-refractivity contribution is 0.458. The van der Waals surface area contributed by atoms with Gasteiger partial charge < -0.3 is 5.32 Å². The fourth-order valence-corrected chi connectivity index (χ4v) is 1.37. The first kappa shape index (κ1) is 19.5. The average Bonchev–Trinajstić information content (AvgIpc) is 2.06. The summed E-state index contributed by atoms with van der Waals surface area (Å²) in [4.78, 5) is 0. The predicted octanol–water partition coefficient (Wildman–Crippen LogP) is 4.47. The third kappa shape index (κ3) is 14.5. The van der Waals surface area contributed by atoms with Crippen molar-refractivity contribution in [2.45, 2.75) is 67.7 Å². The maximum Gasteiger partial charge on any atom is -0.00232 e. The van der Waals surface area contributed by atoms with E-state index in [-0.39, 0.29) is 14.9 Å². The Labute approximate surface area is 92.7 Å². The van der Waals surface area contributed by atoms with E-state index in [4.69, 9.17) is 0 Å². The lowest BCUT2D eigenvalue weighted by Crippen LogP contribution is -2.21. The first-order chi connectivity index (χ1) is 5.81. The van der Waals surface area contributed by atoms with Gasteiger partial charge in [0.2, 0.25) is 0 Å². The van der Waals surface area contributed by atoms with E-state index in [1.165, 1.54) is 45.2 Å². The van der Waals surface area contributed by atoms with Crippen LogP contribution < -0.4 is 5.32 Å². The Kier molecular flexibility index (Phi) is 21.5. The molecule has 0 aliphatic carbocycles. The molecule has 0 bridgehead atoms. The Morgan fingerprint density at radius 2 is 1.64 bits per heavy atom. The number of hydrogen-bond donors (Lipinski definition) is 1. The zero-order chi connectivity index (χ0) is 9.23. The maximum absolute atomic E-state index is 3.46. The van der Waals surface area contributed by atoms with E-state index in [1.54, 1.807) is 0 Å². The summed E-state index contributed by atoms with van der Waals surface area (Å²) in [5.41, 5.74) is 0. The monoisotopic (exact) mass is 203 g/mol. The van der Waals surface area contributed by atoms with Crippen molar-refractivity contribution in [1.29, 1.82) is 0 Å². The quantitative estimate of drug-likeness (QED) is 0.574. The fourth-order valence-electron chi connectivity index (χ4n) is 1.37. The highest BCUT2D eigenvalue weighted by molar-refractivity contribution is 4.56. The summed E-state index contributed by atoms with van der Waals surface area (Å²) < 4.78 is 0. The molecule has 0 aromatic heterocycles. The second-order valence-electron chi connectivity index (χ2n) is 3.81. The molecule has 1 nitrogen and oxygen atoms in total. The van der Waals surface area contributed by atoms with Crippen LogP contribution >= 0.6 is 0 Å². The van der Waals surface area contributed by atoms with Gasteiger partial charge in [-0.2, -0.15) is 0 Å². The molecule has 0 fully saturated rings. The standard InChI is InChI=1S/C11H25N.2CH4/c1-4-6-7-8-11(3)10-12-9-5-2;;/h11-12H,4-10H2,1-3H3;2*1H4. The molecule has 1 unspecified atom stereocenters. The van der Waals surface area contributed by atoms with Crippen molar-refractivity contribution in [3.63, 3.8) is 0 Å². The second-order valence-corrected chi connectivity index (χ2v) is 3.81. The van der Waals surface area contributed by atoms with E-state index in [1.807, 2.05) is 0 Å². The normalized spacial score (nSPS) is 11.4. The molecule has 90 valence electrons. The van der Waals surface area contributed by atoms with E-state index in [9.17, 15) is 0 Å². The number of nitrogens with one attached hydrogen (secondary N) is 1. The molecule has 0 amide bonds. The summed E-state index contributed by atoms with van der Waals surface area (Å²) in [5.74, 6) is 0.864. The summed E-state index contributed by atoms with van der Waals surface area (Å²) in [7, 11) is 0. The number of rotatable bonds is 8. The Bertz CT molecular complexity index is 71.3. The molecule has 0 saturated carbocycles. The van der Waals surface area contributed by atoms with E-state index >= 15 is 0 Å². The second kappa shape index (κ2) is 15.4. The van der Waals surface area contributed by atoms with Crippen LogP contribution in [0.5, 0.6) is 0 Å². The third-order valence-electron chi connectivity index (χ3n) is 2.22. The molecule has 1 atom stereocenters. The molecule has 0 radical (unpaired) electrons. The third-order valence-corrected chi connectivity index (χ3v) is 2.22. The van der Waals surface area contributed by atoms with Crippen molar-refractivity contribution in [2.24, 2.45) is 5.92 Å². The topological polar surface area (TPSA) is 12.0 Å². The molecule has 0 heterocycles. The summed E-state index contributed by atoms with van der Waals surface area (Å²) in [5, 5.41) is 3.46. The molecule has 14 heavy (non-hydrogen) atoms. The van der Waals surface area contributed by atoms with Crippen molar-refractivity contribution >= 4 is 0 Å². The molecular weight excluding hydrogens is 170 g/mol. The Morgan fingerprint density at radius 3 is 2.14 bits per heavy atom. The van der Waals surface area contributed by atoms with E-state index in [0.29, 0.717) is 0 Å². The summed E-state index contributed by atoms with van der Waals surface area (Å²) in [6.07, 6.45) is 6.80. The molecule has 0 aliphatic rings. The number of hydrogen-bond acceptors (Lipinski definition) is 1. The van der Waals surface area contributed by atoms with E-state index in [0.717, 1.165) is 5.92 Å². The minimum atomic E-state index is 0. The first-order valence-electron chi connectivity index (χ1n) is 5.52. The lowest BCUT2D eigenvalue weighted by Gasteiger charge is -2.11. The smallest absolute Gasteiger partial charge is 0.00232 e. The van der Waals surface area contributed by atoms with Gasteiger partial charge in [-0.1, -0.05) is 54.9 Å². The van der Waals surface area contributed by atoms with Crippen LogP contribution in [0.15, 0.2) is 0 Å². The van der Waals surface area contributed by atoms with Gasteiger partial charge in [0.05, 0.1) is 0 Å². The molecule has 1 heteroatoms. The van der Waals surface area contributed by atoms with Crippen molar-refractivity contribution in [2.75, 3.05) is 13.1 Å².